The Morgan fingerprint density at radius 3 is 1.69 bits per heavy atom. The largest absolute Gasteiger partial charge is 0.309 e. The van der Waals surface area contributed by atoms with Crippen molar-refractivity contribution >= 4 is 59.9 Å². The Kier molecular flexibility index (Phi) is 6.22. The molecular formula is C48H30N4. The van der Waals surface area contributed by atoms with Crippen LogP contribution in [0, 0.1) is 0 Å². The molecule has 4 heterocycles. The fraction of sp³-hybridized carbons (Fsp3) is 0. The number of aromatic nitrogens is 4. The zero-order valence-electron chi connectivity index (χ0n) is 28.1. The molecule has 4 heteroatoms. The molecule has 0 saturated carbocycles. The van der Waals surface area contributed by atoms with E-state index in [0.29, 0.717) is 5.82 Å². The van der Waals surface area contributed by atoms with Crippen LogP contribution in [0.5, 0.6) is 0 Å². The van der Waals surface area contributed by atoms with Gasteiger partial charge in [-0.15, -0.1) is 0 Å². The van der Waals surface area contributed by atoms with Gasteiger partial charge in [-0.05, 0) is 47.9 Å². The van der Waals surface area contributed by atoms with E-state index < -0.39 is 0 Å². The summed E-state index contributed by atoms with van der Waals surface area (Å²) in [7, 11) is 0. The Hall–Kier alpha value is -7.04. The molecule has 0 bridgehead atoms. The van der Waals surface area contributed by atoms with Crippen LogP contribution >= 0.6 is 0 Å². The lowest BCUT2D eigenvalue weighted by Gasteiger charge is -2.15. The van der Waals surface area contributed by atoms with Crippen molar-refractivity contribution in [1.29, 1.82) is 0 Å². The van der Waals surface area contributed by atoms with Crippen molar-refractivity contribution in [1.82, 2.24) is 18.9 Å². The van der Waals surface area contributed by atoms with E-state index in [1.165, 1.54) is 54.4 Å². The Morgan fingerprint density at radius 1 is 0.365 bits per heavy atom. The Labute approximate surface area is 299 Å². The average Bonchev–Trinajstić information content (AvgIpc) is 3.78. The van der Waals surface area contributed by atoms with Gasteiger partial charge >= 0.3 is 0 Å². The molecule has 0 unspecified atom stereocenters. The SMILES string of the molecule is c1ccc(-c2cc(-c3ccccc3)nc(-c3cccc(-n4c5ccccc5c5ccc6c(c7ccccc7c7cc8ccccc8n76)c54)c3)n2)cc1. The summed E-state index contributed by atoms with van der Waals surface area (Å²) < 4.78 is 4.89. The molecule has 0 radical (unpaired) electrons. The number of rotatable bonds is 4. The second kappa shape index (κ2) is 11.2. The van der Waals surface area contributed by atoms with Crippen molar-refractivity contribution in [3.63, 3.8) is 0 Å². The van der Waals surface area contributed by atoms with Gasteiger partial charge in [-0.2, -0.15) is 0 Å². The number of nitrogens with zero attached hydrogens (tertiary/aromatic N) is 4. The number of hydrogen-bond donors (Lipinski definition) is 0. The molecule has 0 N–H and O–H groups in total. The van der Waals surface area contributed by atoms with Gasteiger partial charge in [0, 0.05) is 49.3 Å². The van der Waals surface area contributed by atoms with Crippen molar-refractivity contribution in [3.8, 4) is 39.6 Å². The van der Waals surface area contributed by atoms with E-state index in [0.717, 1.165) is 39.3 Å². The van der Waals surface area contributed by atoms with Crippen molar-refractivity contribution in [2.24, 2.45) is 0 Å². The minimum absolute atomic E-state index is 0.693. The number of para-hydroxylation sites is 2. The van der Waals surface area contributed by atoms with E-state index >= 15 is 0 Å². The predicted molar refractivity (Wildman–Crippen MR) is 216 cm³/mol. The van der Waals surface area contributed by atoms with E-state index in [2.05, 4.69) is 179 Å². The second-order valence-corrected chi connectivity index (χ2v) is 13.4. The summed E-state index contributed by atoms with van der Waals surface area (Å²) in [6, 6.07) is 64.8. The maximum Gasteiger partial charge on any atom is 0.160 e. The van der Waals surface area contributed by atoms with Crippen LogP contribution in [0.3, 0.4) is 0 Å². The third kappa shape index (κ3) is 4.28. The smallest absolute Gasteiger partial charge is 0.160 e. The molecule has 52 heavy (non-hydrogen) atoms. The van der Waals surface area contributed by atoms with E-state index in [-0.39, 0.29) is 0 Å². The van der Waals surface area contributed by atoms with Crippen LogP contribution in [0.15, 0.2) is 182 Å². The molecule has 0 saturated heterocycles. The van der Waals surface area contributed by atoms with E-state index in [9.17, 15) is 0 Å². The second-order valence-electron chi connectivity index (χ2n) is 13.4. The molecular weight excluding hydrogens is 633 g/mol. The Balaban J connectivity index is 1.23. The van der Waals surface area contributed by atoms with Crippen LogP contribution in [0.25, 0.3) is 99.5 Å². The highest BCUT2D eigenvalue weighted by Gasteiger charge is 2.20. The lowest BCUT2D eigenvalue weighted by Crippen LogP contribution is -1.99. The number of pyridine rings is 1. The molecule has 11 aromatic rings. The molecule has 0 aliphatic rings. The maximum absolute atomic E-state index is 5.17. The minimum atomic E-state index is 0.693. The fourth-order valence-corrected chi connectivity index (χ4v) is 8.18. The molecule has 4 nitrogen and oxygen atoms in total. The van der Waals surface area contributed by atoms with Gasteiger partial charge in [-0.1, -0.05) is 140 Å². The Morgan fingerprint density at radius 2 is 0.962 bits per heavy atom. The number of fused-ring (bicyclic) bond motifs is 12. The van der Waals surface area contributed by atoms with Crippen LogP contribution in [-0.4, -0.2) is 18.9 Å². The first-order valence-corrected chi connectivity index (χ1v) is 17.7. The summed E-state index contributed by atoms with van der Waals surface area (Å²) >= 11 is 0. The molecule has 7 aromatic carbocycles. The highest BCUT2D eigenvalue weighted by Crippen LogP contribution is 2.42. The van der Waals surface area contributed by atoms with E-state index in [4.69, 9.17) is 9.97 Å². The average molecular weight is 663 g/mol. The maximum atomic E-state index is 5.17. The third-order valence-corrected chi connectivity index (χ3v) is 10.5. The summed E-state index contributed by atoms with van der Waals surface area (Å²) in [5.74, 6) is 0.693. The summed E-state index contributed by atoms with van der Waals surface area (Å²) in [5, 5.41) is 7.40. The van der Waals surface area contributed by atoms with Gasteiger partial charge in [0.1, 0.15) is 0 Å². The van der Waals surface area contributed by atoms with Gasteiger partial charge in [-0.25, -0.2) is 9.97 Å². The van der Waals surface area contributed by atoms with E-state index in [1.807, 2.05) is 12.1 Å². The quantitative estimate of drug-likeness (QED) is 0.176. The number of benzene rings is 7. The van der Waals surface area contributed by atoms with Crippen LogP contribution in [0.2, 0.25) is 0 Å². The number of hydrogen-bond acceptors (Lipinski definition) is 2. The standard InChI is InChI=1S/C48H30N4/c1-3-14-31(15-4-1)40-30-41(32-16-5-2-6-17-32)50-48(49-40)34-19-13-20-35(28-34)51-43-25-12-10-22-37(43)39-26-27-44-46(47(39)51)38-23-9-8-21-36(38)45-29-33-18-7-11-24-42(33)52(44)45/h1-30H. The zero-order chi connectivity index (χ0) is 34.2. The predicted octanol–water partition coefficient (Wildman–Crippen LogP) is 12.3. The van der Waals surface area contributed by atoms with Gasteiger partial charge in [0.2, 0.25) is 0 Å². The molecule has 242 valence electrons. The fourth-order valence-electron chi connectivity index (χ4n) is 8.18. The first-order valence-electron chi connectivity index (χ1n) is 17.7. The lowest BCUT2D eigenvalue weighted by molar-refractivity contribution is 1.16. The van der Waals surface area contributed by atoms with Gasteiger partial charge < -0.3 is 8.97 Å². The van der Waals surface area contributed by atoms with Gasteiger partial charge in [0.25, 0.3) is 0 Å². The summed E-state index contributed by atoms with van der Waals surface area (Å²) in [5.41, 5.74) is 11.9. The van der Waals surface area contributed by atoms with Gasteiger partial charge in [0.05, 0.1) is 39.0 Å². The topological polar surface area (TPSA) is 35.1 Å². The molecule has 0 fully saturated rings. The molecule has 0 spiro atoms. The highest BCUT2D eigenvalue weighted by atomic mass is 15.0. The highest BCUT2D eigenvalue weighted by molar-refractivity contribution is 6.27. The molecule has 0 aliphatic heterocycles. The lowest BCUT2D eigenvalue weighted by atomic mass is 10.0. The first kappa shape index (κ1) is 28.8. The van der Waals surface area contributed by atoms with Crippen LogP contribution < -0.4 is 0 Å². The Bertz CT molecular complexity index is 3110. The summed E-state index contributed by atoms with van der Waals surface area (Å²) in [4.78, 5) is 10.3. The van der Waals surface area contributed by atoms with Gasteiger partial charge in [0.15, 0.2) is 5.82 Å². The zero-order valence-corrected chi connectivity index (χ0v) is 28.1. The molecule has 0 amide bonds. The summed E-state index contributed by atoms with van der Waals surface area (Å²) in [6.07, 6.45) is 0. The van der Waals surface area contributed by atoms with E-state index in [1.54, 1.807) is 0 Å². The molecule has 4 aromatic heterocycles. The van der Waals surface area contributed by atoms with Crippen LogP contribution in [0.1, 0.15) is 0 Å². The third-order valence-electron chi connectivity index (χ3n) is 10.5. The van der Waals surface area contributed by atoms with Crippen LogP contribution in [-0.2, 0) is 0 Å². The van der Waals surface area contributed by atoms with Crippen molar-refractivity contribution < 1.29 is 0 Å². The van der Waals surface area contributed by atoms with Crippen molar-refractivity contribution in [2.45, 2.75) is 0 Å². The van der Waals surface area contributed by atoms with Crippen LogP contribution in [0.4, 0.5) is 0 Å². The monoisotopic (exact) mass is 662 g/mol. The molecule has 0 atom stereocenters. The first-order chi connectivity index (χ1) is 25.8. The molecule has 0 aliphatic carbocycles. The van der Waals surface area contributed by atoms with Gasteiger partial charge in [-0.3, -0.25) is 0 Å². The normalized spacial score (nSPS) is 11.8. The minimum Gasteiger partial charge on any atom is -0.309 e. The summed E-state index contributed by atoms with van der Waals surface area (Å²) in [6.45, 7) is 0. The molecule has 11 rings (SSSR count). The van der Waals surface area contributed by atoms with Crippen molar-refractivity contribution in [2.75, 3.05) is 0 Å². The van der Waals surface area contributed by atoms with Crippen molar-refractivity contribution in [3.05, 3.63) is 182 Å².